The Morgan fingerprint density at radius 3 is 2.65 bits per heavy atom. The summed E-state index contributed by atoms with van der Waals surface area (Å²) < 4.78 is 7.09. The van der Waals surface area contributed by atoms with E-state index >= 15 is 0 Å². The Morgan fingerprint density at radius 2 is 2.10 bits per heavy atom. The minimum absolute atomic E-state index is 0.241. The molecule has 6 heteroatoms. The van der Waals surface area contributed by atoms with Gasteiger partial charge >= 0.3 is 0 Å². The lowest BCUT2D eigenvalue weighted by molar-refractivity contribution is 0.405. The van der Waals surface area contributed by atoms with Gasteiger partial charge in [-0.2, -0.15) is 5.10 Å². The highest BCUT2D eigenvalue weighted by molar-refractivity contribution is 6.32. The molecule has 0 radical (unpaired) electrons. The third-order valence-electron chi connectivity index (χ3n) is 3.27. The zero-order chi connectivity index (χ0) is 14.9. The first-order valence-electron chi connectivity index (χ1n) is 6.21. The van der Waals surface area contributed by atoms with Gasteiger partial charge < -0.3 is 10.5 Å². The number of nitrogens with two attached hydrogens (primary N) is 1. The molecule has 1 atom stereocenters. The van der Waals surface area contributed by atoms with Gasteiger partial charge in [0.05, 0.1) is 23.5 Å². The number of rotatable bonds is 4. The molecule has 1 heterocycles. The van der Waals surface area contributed by atoms with Crippen molar-refractivity contribution >= 4 is 23.2 Å². The molecule has 0 aliphatic heterocycles. The lowest BCUT2D eigenvalue weighted by atomic mass is 10.0. The molecule has 0 saturated heterocycles. The van der Waals surface area contributed by atoms with Crippen LogP contribution in [0.1, 0.15) is 23.0 Å². The summed E-state index contributed by atoms with van der Waals surface area (Å²) in [4.78, 5) is 0. The summed E-state index contributed by atoms with van der Waals surface area (Å²) in [5.41, 5.74) is 8.89. The van der Waals surface area contributed by atoms with E-state index in [-0.39, 0.29) is 6.04 Å². The van der Waals surface area contributed by atoms with E-state index in [0.717, 1.165) is 17.0 Å². The number of nitrogens with zero attached hydrogens (tertiary/aromatic N) is 2. The number of hydrogen-bond acceptors (Lipinski definition) is 3. The molecule has 0 aliphatic rings. The molecule has 2 N–H and O–H groups in total. The summed E-state index contributed by atoms with van der Waals surface area (Å²) in [5, 5.41) is 5.57. The predicted octanol–water partition coefficient (Wildman–Crippen LogP) is 3.29. The molecule has 2 rings (SSSR count). The zero-order valence-electron chi connectivity index (χ0n) is 11.7. The van der Waals surface area contributed by atoms with Gasteiger partial charge in [-0.1, -0.05) is 29.3 Å². The number of methoxy groups -OCH3 is 1. The van der Waals surface area contributed by atoms with Crippen LogP contribution in [0.15, 0.2) is 18.2 Å². The van der Waals surface area contributed by atoms with Gasteiger partial charge in [-0.25, -0.2) is 0 Å². The minimum Gasteiger partial charge on any atom is -0.496 e. The van der Waals surface area contributed by atoms with Crippen molar-refractivity contribution < 1.29 is 4.74 Å². The van der Waals surface area contributed by atoms with Gasteiger partial charge in [-0.15, -0.1) is 0 Å². The highest BCUT2D eigenvalue weighted by Crippen LogP contribution is 2.31. The lowest BCUT2D eigenvalue weighted by Crippen LogP contribution is -2.16. The van der Waals surface area contributed by atoms with E-state index in [2.05, 4.69) is 5.10 Å². The largest absolute Gasteiger partial charge is 0.496 e. The van der Waals surface area contributed by atoms with Crippen molar-refractivity contribution in [1.29, 1.82) is 0 Å². The average Bonchev–Trinajstić information content (AvgIpc) is 2.65. The van der Waals surface area contributed by atoms with E-state index in [4.69, 9.17) is 33.7 Å². The second-order valence-electron chi connectivity index (χ2n) is 4.67. The summed E-state index contributed by atoms with van der Waals surface area (Å²) in [5.74, 6) is 0.681. The maximum absolute atomic E-state index is 6.28. The van der Waals surface area contributed by atoms with E-state index in [1.54, 1.807) is 23.9 Å². The van der Waals surface area contributed by atoms with E-state index in [9.17, 15) is 0 Å². The summed E-state index contributed by atoms with van der Waals surface area (Å²) in [7, 11) is 3.46. The van der Waals surface area contributed by atoms with Crippen LogP contribution in [0.2, 0.25) is 10.0 Å². The maximum atomic E-state index is 6.28. The Hall–Kier alpha value is -1.23. The molecule has 0 amide bonds. The SMILES string of the molecule is COc1cc(Cl)ccc1C(N)Cc1c(Cl)c(C)nn1C. The Labute approximate surface area is 128 Å². The van der Waals surface area contributed by atoms with Crippen LogP contribution >= 0.6 is 23.2 Å². The number of aromatic nitrogens is 2. The summed E-state index contributed by atoms with van der Waals surface area (Å²) in [6.07, 6.45) is 0.578. The van der Waals surface area contributed by atoms with Gasteiger partial charge in [0.25, 0.3) is 0 Å². The highest BCUT2D eigenvalue weighted by Gasteiger charge is 2.18. The molecule has 0 aliphatic carbocycles. The fourth-order valence-electron chi connectivity index (χ4n) is 2.21. The van der Waals surface area contributed by atoms with Crippen molar-refractivity contribution in [2.75, 3.05) is 7.11 Å². The predicted molar refractivity (Wildman–Crippen MR) is 81.6 cm³/mol. The summed E-state index contributed by atoms with van der Waals surface area (Å²) in [6.45, 7) is 1.88. The van der Waals surface area contributed by atoms with Crippen LogP contribution in [-0.2, 0) is 13.5 Å². The molecule has 0 fully saturated rings. The molecular formula is C14H17Cl2N3O. The van der Waals surface area contributed by atoms with Crippen molar-refractivity contribution in [3.8, 4) is 5.75 Å². The van der Waals surface area contributed by atoms with E-state index in [0.29, 0.717) is 22.2 Å². The third kappa shape index (κ3) is 2.92. The molecule has 0 bridgehead atoms. The molecule has 1 aromatic carbocycles. The van der Waals surface area contributed by atoms with Gasteiger partial charge in [0, 0.05) is 30.1 Å². The van der Waals surface area contributed by atoms with Gasteiger partial charge in [0.1, 0.15) is 5.75 Å². The first-order valence-corrected chi connectivity index (χ1v) is 6.96. The standard InChI is InChI=1S/C14H17Cl2N3O/c1-8-14(16)12(19(2)18-8)7-11(17)10-5-4-9(15)6-13(10)20-3/h4-6,11H,7,17H2,1-3H3. The number of halogens is 2. The van der Waals surface area contributed by atoms with Crippen LogP contribution in [-0.4, -0.2) is 16.9 Å². The molecule has 1 unspecified atom stereocenters. The van der Waals surface area contributed by atoms with Crippen molar-refractivity contribution in [1.82, 2.24) is 9.78 Å². The van der Waals surface area contributed by atoms with Crippen LogP contribution in [0.5, 0.6) is 5.75 Å². The molecule has 4 nitrogen and oxygen atoms in total. The average molecular weight is 314 g/mol. The van der Waals surface area contributed by atoms with Crippen molar-refractivity contribution in [3.05, 3.63) is 45.2 Å². The van der Waals surface area contributed by atoms with E-state index in [1.807, 2.05) is 20.0 Å². The van der Waals surface area contributed by atoms with Gasteiger partial charge in [-0.05, 0) is 19.1 Å². The molecular weight excluding hydrogens is 297 g/mol. The molecule has 0 saturated carbocycles. The molecule has 2 aromatic rings. The van der Waals surface area contributed by atoms with Crippen LogP contribution in [0.25, 0.3) is 0 Å². The topological polar surface area (TPSA) is 53.1 Å². The zero-order valence-corrected chi connectivity index (χ0v) is 13.2. The quantitative estimate of drug-likeness (QED) is 0.942. The summed E-state index contributed by atoms with van der Waals surface area (Å²) in [6, 6.07) is 5.19. The number of ether oxygens (including phenoxy) is 1. The second-order valence-corrected chi connectivity index (χ2v) is 5.48. The van der Waals surface area contributed by atoms with Gasteiger partial charge in [0.15, 0.2) is 0 Å². The monoisotopic (exact) mass is 313 g/mol. The van der Waals surface area contributed by atoms with Gasteiger partial charge in [0.2, 0.25) is 0 Å². The smallest absolute Gasteiger partial charge is 0.125 e. The normalized spacial score (nSPS) is 12.5. The van der Waals surface area contributed by atoms with Crippen LogP contribution < -0.4 is 10.5 Å². The number of aryl methyl sites for hydroxylation is 2. The van der Waals surface area contributed by atoms with Crippen molar-refractivity contribution in [2.24, 2.45) is 12.8 Å². The third-order valence-corrected chi connectivity index (χ3v) is 4.00. The van der Waals surface area contributed by atoms with Crippen molar-refractivity contribution in [2.45, 2.75) is 19.4 Å². The number of hydrogen-bond donors (Lipinski definition) is 1. The Morgan fingerprint density at radius 1 is 1.40 bits per heavy atom. The fourth-order valence-corrected chi connectivity index (χ4v) is 2.61. The van der Waals surface area contributed by atoms with Crippen LogP contribution in [0.4, 0.5) is 0 Å². The Kier molecular flexibility index (Phi) is 4.58. The first kappa shape index (κ1) is 15.2. The Balaban J connectivity index is 2.30. The molecule has 20 heavy (non-hydrogen) atoms. The van der Waals surface area contributed by atoms with Gasteiger partial charge in [-0.3, -0.25) is 4.68 Å². The second kappa shape index (κ2) is 6.04. The molecule has 1 aromatic heterocycles. The van der Waals surface area contributed by atoms with E-state index in [1.165, 1.54) is 0 Å². The highest BCUT2D eigenvalue weighted by atomic mass is 35.5. The first-order chi connectivity index (χ1) is 9.43. The Bertz CT molecular complexity index is 625. The minimum atomic E-state index is -0.241. The maximum Gasteiger partial charge on any atom is 0.125 e. The van der Waals surface area contributed by atoms with Crippen LogP contribution in [0, 0.1) is 6.92 Å². The van der Waals surface area contributed by atoms with Crippen molar-refractivity contribution in [3.63, 3.8) is 0 Å². The molecule has 108 valence electrons. The number of benzene rings is 1. The van der Waals surface area contributed by atoms with E-state index < -0.39 is 0 Å². The lowest BCUT2D eigenvalue weighted by Gasteiger charge is -2.16. The van der Waals surface area contributed by atoms with Crippen LogP contribution in [0.3, 0.4) is 0 Å². The fraction of sp³-hybridized carbons (Fsp3) is 0.357. The molecule has 0 spiro atoms. The summed E-state index contributed by atoms with van der Waals surface area (Å²) >= 11 is 12.2.